The molecule has 0 bridgehead atoms. The van der Waals surface area contributed by atoms with Gasteiger partial charge in [0.25, 0.3) is 0 Å². The fourth-order valence-electron chi connectivity index (χ4n) is 1.96. The standard InChI is InChI=1S/C14H10N4/c1-15-14(11-7-3-2-4-8-11)18-13-10-6-5-9-12(13)16-17-18/h2-10,14H. The van der Waals surface area contributed by atoms with Crippen molar-refractivity contribution in [1.29, 1.82) is 0 Å². The van der Waals surface area contributed by atoms with Crippen molar-refractivity contribution < 1.29 is 0 Å². The lowest BCUT2D eigenvalue weighted by Gasteiger charge is -2.06. The Hall–Kier alpha value is -2.67. The predicted molar refractivity (Wildman–Crippen MR) is 68.7 cm³/mol. The lowest BCUT2D eigenvalue weighted by molar-refractivity contribution is 0.600. The minimum absolute atomic E-state index is 0.460. The van der Waals surface area contributed by atoms with Crippen LogP contribution in [0.5, 0.6) is 0 Å². The predicted octanol–water partition coefficient (Wildman–Crippen LogP) is 2.90. The van der Waals surface area contributed by atoms with Gasteiger partial charge in [-0.25, -0.2) is 6.57 Å². The molecule has 0 aliphatic rings. The molecule has 86 valence electrons. The first-order chi connectivity index (χ1) is 8.90. The normalized spacial score (nSPS) is 12.2. The Kier molecular flexibility index (Phi) is 2.50. The molecule has 1 atom stereocenters. The van der Waals surface area contributed by atoms with E-state index < -0.39 is 6.17 Å². The molecular formula is C14H10N4. The molecule has 0 radical (unpaired) electrons. The second-order valence-corrected chi connectivity index (χ2v) is 3.94. The average molecular weight is 234 g/mol. The fourth-order valence-corrected chi connectivity index (χ4v) is 1.96. The van der Waals surface area contributed by atoms with Gasteiger partial charge in [0.05, 0.1) is 11.1 Å². The van der Waals surface area contributed by atoms with E-state index >= 15 is 0 Å². The van der Waals surface area contributed by atoms with Gasteiger partial charge in [-0.1, -0.05) is 35.5 Å². The Balaban J connectivity index is 2.16. The number of rotatable bonds is 2. The Labute approximate surface area is 104 Å². The van der Waals surface area contributed by atoms with E-state index in [-0.39, 0.29) is 0 Å². The van der Waals surface area contributed by atoms with Gasteiger partial charge in [-0.2, -0.15) is 4.68 Å². The number of benzene rings is 2. The number of fused-ring (bicyclic) bond motifs is 1. The molecule has 2 aromatic carbocycles. The number of hydrogen-bond donors (Lipinski definition) is 0. The van der Waals surface area contributed by atoms with E-state index in [1.807, 2.05) is 54.6 Å². The molecular weight excluding hydrogens is 224 g/mol. The highest BCUT2D eigenvalue weighted by Gasteiger charge is 2.21. The molecule has 1 heterocycles. The highest BCUT2D eigenvalue weighted by atomic mass is 15.5. The van der Waals surface area contributed by atoms with Crippen LogP contribution in [0.2, 0.25) is 0 Å². The number of para-hydroxylation sites is 1. The summed E-state index contributed by atoms with van der Waals surface area (Å²) in [6.45, 7) is 7.39. The van der Waals surface area contributed by atoms with Gasteiger partial charge in [0.2, 0.25) is 0 Å². The van der Waals surface area contributed by atoms with E-state index in [9.17, 15) is 0 Å². The van der Waals surface area contributed by atoms with Crippen LogP contribution in [0.25, 0.3) is 15.9 Å². The van der Waals surface area contributed by atoms with Crippen molar-refractivity contribution in [2.45, 2.75) is 6.17 Å². The lowest BCUT2D eigenvalue weighted by Crippen LogP contribution is -2.08. The largest absolute Gasteiger partial charge is 0.344 e. The SMILES string of the molecule is [C-]#[N+]C(c1ccccc1)n1nnc2ccccc21. The number of hydrogen-bond acceptors (Lipinski definition) is 2. The second-order valence-electron chi connectivity index (χ2n) is 3.94. The molecule has 3 aromatic rings. The summed E-state index contributed by atoms with van der Waals surface area (Å²) in [5, 5.41) is 8.18. The molecule has 0 fully saturated rings. The van der Waals surface area contributed by atoms with Crippen molar-refractivity contribution in [1.82, 2.24) is 15.0 Å². The number of aromatic nitrogens is 3. The summed E-state index contributed by atoms with van der Waals surface area (Å²) in [5.74, 6) is 0. The zero-order valence-corrected chi connectivity index (χ0v) is 9.56. The molecule has 1 unspecified atom stereocenters. The van der Waals surface area contributed by atoms with E-state index in [2.05, 4.69) is 15.2 Å². The topological polar surface area (TPSA) is 35.1 Å². The maximum atomic E-state index is 7.39. The molecule has 18 heavy (non-hydrogen) atoms. The van der Waals surface area contributed by atoms with Crippen LogP contribution in [0.4, 0.5) is 0 Å². The van der Waals surface area contributed by atoms with Gasteiger partial charge in [0.1, 0.15) is 5.52 Å². The maximum absolute atomic E-state index is 7.39. The summed E-state index contributed by atoms with van der Waals surface area (Å²) in [6.07, 6.45) is -0.460. The van der Waals surface area contributed by atoms with E-state index in [1.54, 1.807) is 4.68 Å². The van der Waals surface area contributed by atoms with E-state index in [4.69, 9.17) is 6.57 Å². The van der Waals surface area contributed by atoms with E-state index in [0.29, 0.717) is 0 Å². The summed E-state index contributed by atoms with van der Waals surface area (Å²) in [6, 6.07) is 17.3. The van der Waals surface area contributed by atoms with Crippen LogP contribution in [-0.2, 0) is 0 Å². The third-order valence-corrected chi connectivity index (χ3v) is 2.83. The molecule has 4 heteroatoms. The van der Waals surface area contributed by atoms with Gasteiger partial charge < -0.3 is 0 Å². The summed E-state index contributed by atoms with van der Waals surface area (Å²) < 4.78 is 1.66. The molecule has 0 N–H and O–H groups in total. The van der Waals surface area contributed by atoms with Gasteiger partial charge in [-0.3, -0.25) is 4.85 Å². The monoisotopic (exact) mass is 234 g/mol. The van der Waals surface area contributed by atoms with Crippen LogP contribution in [0, 0.1) is 6.57 Å². The zero-order valence-electron chi connectivity index (χ0n) is 9.56. The first-order valence-electron chi connectivity index (χ1n) is 5.61. The van der Waals surface area contributed by atoms with Crippen molar-refractivity contribution in [3.63, 3.8) is 0 Å². The Bertz CT molecular complexity index is 709. The minimum Gasteiger partial charge on any atom is -0.283 e. The second kappa shape index (κ2) is 4.30. The Morgan fingerprint density at radius 1 is 1.00 bits per heavy atom. The minimum atomic E-state index is -0.460. The highest BCUT2D eigenvalue weighted by molar-refractivity contribution is 5.74. The Morgan fingerprint density at radius 2 is 1.72 bits per heavy atom. The van der Waals surface area contributed by atoms with Crippen LogP contribution in [0.1, 0.15) is 11.7 Å². The molecule has 4 nitrogen and oxygen atoms in total. The fraction of sp³-hybridized carbons (Fsp3) is 0.0714. The molecule has 0 aliphatic heterocycles. The highest BCUT2D eigenvalue weighted by Crippen LogP contribution is 2.22. The van der Waals surface area contributed by atoms with Crippen molar-refractivity contribution in [2.24, 2.45) is 0 Å². The molecule has 0 saturated heterocycles. The van der Waals surface area contributed by atoms with Crippen LogP contribution in [0.15, 0.2) is 54.6 Å². The molecule has 0 amide bonds. The van der Waals surface area contributed by atoms with Gasteiger partial charge in [-0.05, 0) is 24.3 Å². The van der Waals surface area contributed by atoms with E-state index in [0.717, 1.165) is 16.6 Å². The van der Waals surface area contributed by atoms with Crippen LogP contribution < -0.4 is 0 Å². The van der Waals surface area contributed by atoms with Crippen molar-refractivity contribution >= 4 is 11.0 Å². The van der Waals surface area contributed by atoms with Gasteiger partial charge in [0.15, 0.2) is 0 Å². The smallest absolute Gasteiger partial charge is 0.283 e. The third-order valence-electron chi connectivity index (χ3n) is 2.83. The summed E-state index contributed by atoms with van der Waals surface area (Å²) in [5.41, 5.74) is 2.60. The van der Waals surface area contributed by atoms with Crippen LogP contribution in [-0.4, -0.2) is 15.0 Å². The third kappa shape index (κ3) is 1.62. The van der Waals surface area contributed by atoms with E-state index in [1.165, 1.54) is 0 Å². The zero-order chi connectivity index (χ0) is 12.4. The number of nitrogens with zero attached hydrogens (tertiary/aromatic N) is 4. The van der Waals surface area contributed by atoms with Gasteiger partial charge >= 0.3 is 6.17 Å². The first kappa shape index (κ1) is 10.5. The quantitative estimate of drug-likeness (QED) is 0.639. The van der Waals surface area contributed by atoms with Crippen molar-refractivity contribution in [3.8, 4) is 0 Å². The first-order valence-corrected chi connectivity index (χ1v) is 5.61. The average Bonchev–Trinajstić information content (AvgIpc) is 2.85. The van der Waals surface area contributed by atoms with Gasteiger partial charge in [-0.15, -0.1) is 5.10 Å². The Morgan fingerprint density at radius 3 is 2.50 bits per heavy atom. The summed E-state index contributed by atoms with van der Waals surface area (Å²) in [4.78, 5) is 3.66. The molecule has 1 aromatic heterocycles. The molecule has 0 saturated carbocycles. The van der Waals surface area contributed by atoms with Crippen molar-refractivity contribution in [3.05, 3.63) is 71.6 Å². The summed E-state index contributed by atoms with van der Waals surface area (Å²) in [7, 11) is 0. The van der Waals surface area contributed by atoms with Crippen molar-refractivity contribution in [2.75, 3.05) is 0 Å². The summed E-state index contributed by atoms with van der Waals surface area (Å²) >= 11 is 0. The molecule has 0 aliphatic carbocycles. The van der Waals surface area contributed by atoms with Crippen LogP contribution >= 0.6 is 0 Å². The van der Waals surface area contributed by atoms with Gasteiger partial charge in [0, 0.05) is 0 Å². The molecule has 0 spiro atoms. The molecule has 3 rings (SSSR count). The van der Waals surface area contributed by atoms with Crippen LogP contribution in [0.3, 0.4) is 0 Å². The lowest BCUT2D eigenvalue weighted by atomic mass is 10.2. The maximum Gasteiger partial charge on any atom is 0.344 e.